The molecule has 1 aliphatic rings. The first kappa shape index (κ1) is 21.5. The second-order valence-corrected chi connectivity index (χ2v) is 7.87. The van der Waals surface area contributed by atoms with Gasteiger partial charge in [0.2, 0.25) is 5.91 Å². The third-order valence-electron chi connectivity index (χ3n) is 5.16. The molecule has 2 atom stereocenters. The lowest BCUT2D eigenvalue weighted by Crippen LogP contribution is -2.40. The van der Waals surface area contributed by atoms with Crippen molar-refractivity contribution in [2.45, 2.75) is 39.3 Å². The Morgan fingerprint density at radius 2 is 2.23 bits per heavy atom. The number of rotatable bonds is 8. The number of hydrogen-bond acceptors (Lipinski definition) is 8. The maximum Gasteiger partial charge on any atom is 0.328 e. The number of fused-ring (bicyclic) bond motifs is 1. The van der Waals surface area contributed by atoms with Crippen molar-refractivity contribution in [1.29, 1.82) is 5.26 Å². The Morgan fingerprint density at radius 1 is 1.46 bits per heavy atom. The van der Waals surface area contributed by atoms with Gasteiger partial charge >= 0.3 is 6.03 Å². The predicted octanol–water partition coefficient (Wildman–Crippen LogP) is 2.54. The molecule has 0 radical (unpaired) electrons. The van der Waals surface area contributed by atoms with E-state index in [1.807, 2.05) is 6.07 Å². The summed E-state index contributed by atoms with van der Waals surface area (Å²) in [5.74, 6) is -0.243. The zero-order chi connectivity index (χ0) is 28.2. The average Bonchev–Trinajstić information content (AvgIpc) is 2.84. The summed E-state index contributed by atoms with van der Waals surface area (Å²) in [7, 11) is 3.06. The SMILES string of the molecule is [2H][C@@H]1Cc2cc(CN(C)C(C)=O)c(C=O)nc2N(C(=O)Nc2cc(OC(C)COC)c(C#N)cn2)C1([2H])[2H]. The van der Waals surface area contributed by atoms with Crippen LogP contribution in [0.15, 0.2) is 18.3 Å². The summed E-state index contributed by atoms with van der Waals surface area (Å²) < 4.78 is 36.0. The van der Waals surface area contributed by atoms with Crippen molar-refractivity contribution in [2.24, 2.45) is 0 Å². The van der Waals surface area contributed by atoms with Gasteiger partial charge in [-0.3, -0.25) is 19.8 Å². The lowest BCUT2D eigenvalue weighted by atomic mass is 10.0. The summed E-state index contributed by atoms with van der Waals surface area (Å²) in [4.78, 5) is 47.2. The van der Waals surface area contributed by atoms with Crippen LogP contribution in [0.2, 0.25) is 0 Å². The van der Waals surface area contributed by atoms with Gasteiger partial charge in [-0.05, 0) is 31.4 Å². The minimum atomic E-state index is -2.49. The Balaban J connectivity index is 1.99. The molecule has 0 aromatic carbocycles. The van der Waals surface area contributed by atoms with Gasteiger partial charge in [0.25, 0.3) is 0 Å². The summed E-state index contributed by atoms with van der Waals surface area (Å²) >= 11 is 0. The van der Waals surface area contributed by atoms with Crippen LogP contribution in [0.5, 0.6) is 5.75 Å². The van der Waals surface area contributed by atoms with E-state index in [2.05, 4.69) is 15.3 Å². The van der Waals surface area contributed by atoms with E-state index >= 15 is 0 Å². The molecule has 0 saturated carbocycles. The minimum Gasteiger partial charge on any atom is -0.487 e. The molecule has 3 heterocycles. The molecule has 0 bridgehead atoms. The highest BCUT2D eigenvalue weighted by Crippen LogP contribution is 2.29. The van der Waals surface area contributed by atoms with Crippen LogP contribution in [0.25, 0.3) is 0 Å². The topological polar surface area (TPSA) is 138 Å². The first-order chi connectivity index (χ1) is 17.9. The van der Waals surface area contributed by atoms with Crippen molar-refractivity contribution < 1.29 is 28.0 Å². The number of carbonyl (C=O) groups is 3. The molecule has 2 aromatic heterocycles. The number of methoxy groups -OCH3 is 1. The molecule has 0 aliphatic carbocycles. The molecule has 0 saturated heterocycles. The number of anilines is 2. The standard InChI is InChI=1S/C24H28N6O5/c1-15(14-34-4)35-21-9-22(26-11-19(21)10-25)28-24(33)30-7-5-6-17-8-18(12-29(3)16(2)32)20(13-31)27-23(17)30/h8-9,11,13,15H,5-7,12,14H2,1-4H3,(H,26,28,33)/i5D,7D2/t5-,15?/m1/s1. The second kappa shape index (κ2) is 11.4. The molecular formula is C24H28N6O5. The molecule has 1 N–H and O–H groups in total. The number of carbonyl (C=O) groups excluding carboxylic acids is 3. The van der Waals surface area contributed by atoms with Crippen LogP contribution in [-0.2, 0) is 22.5 Å². The Bertz CT molecular complexity index is 1280. The fraction of sp³-hybridized carbons (Fsp3) is 0.417. The van der Waals surface area contributed by atoms with Crippen molar-refractivity contribution in [3.63, 3.8) is 0 Å². The smallest absolute Gasteiger partial charge is 0.328 e. The molecule has 0 spiro atoms. The molecule has 1 aliphatic heterocycles. The normalized spacial score (nSPS) is 18.1. The monoisotopic (exact) mass is 483 g/mol. The Labute approximate surface area is 207 Å². The zero-order valence-corrected chi connectivity index (χ0v) is 19.9. The first-order valence-corrected chi connectivity index (χ1v) is 10.7. The van der Waals surface area contributed by atoms with Crippen LogP contribution in [0.1, 0.15) is 51.5 Å². The number of aromatic nitrogens is 2. The van der Waals surface area contributed by atoms with Gasteiger partial charge in [-0.2, -0.15) is 5.26 Å². The Morgan fingerprint density at radius 3 is 2.89 bits per heavy atom. The van der Waals surface area contributed by atoms with E-state index in [1.54, 1.807) is 20.0 Å². The highest BCUT2D eigenvalue weighted by molar-refractivity contribution is 6.01. The van der Waals surface area contributed by atoms with E-state index in [9.17, 15) is 19.6 Å². The third kappa shape index (κ3) is 6.10. The minimum absolute atomic E-state index is 0.0339. The van der Waals surface area contributed by atoms with E-state index in [4.69, 9.17) is 13.6 Å². The fourth-order valence-electron chi connectivity index (χ4n) is 3.35. The third-order valence-corrected chi connectivity index (χ3v) is 5.16. The first-order valence-electron chi connectivity index (χ1n) is 12.3. The van der Waals surface area contributed by atoms with Gasteiger partial charge in [0.05, 0.1) is 12.8 Å². The van der Waals surface area contributed by atoms with Crippen LogP contribution < -0.4 is 15.0 Å². The molecule has 184 valence electrons. The number of pyridine rings is 2. The van der Waals surface area contributed by atoms with Crippen LogP contribution in [0.3, 0.4) is 0 Å². The maximum atomic E-state index is 13.4. The number of nitrogens with one attached hydrogen (secondary N) is 1. The maximum absolute atomic E-state index is 13.4. The summed E-state index contributed by atoms with van der Waals surface area (Å²) in [6, 6.07) is 3.85. The van der Waals surface area contributed by atoms with Crippen molar-refractivity contribution >= 4 is 29.9 Å². The van der Waals surface area contributed by atoms with Gasteiger partial charge in [0.15, 0.2) is 6.29 Å². The lowest BCUT2D eigenvalue weighted by molar-refractivity contribution is -0.128. The van der Waals surface area contributed by atoms with Gasteiger partial charge in [-0.25, -0.2) is 14.8 Å². The number of nitriles is 1. The number of ether oxygens (including phenoxy) is 2. The molecule has 0 fully saturated rings. The predicted molar refractivity (Wildman–Crippen MR) is 127 cm³/mol. The average molecular weight is 484 g/mol. The molecule has 2 aromatic rings. The van der Waals surface area contributed by atoms with Crippen molar-refractivity contribution in [3.05, 3.63) is 40.7 Å². The van der Waals surface area contributed by atoms with Crippen molar-refractivity contribution in [1.82, 2.24) is 14.9 Å². The highest BCUT2D eigenvalue weighted by atomic mass is 16.5. The van der Waals surface area contributed by atoms with Gasteiger partial charge in [-0.1, -0.05) is 0 Å². The largest absolute Gasteiger partial charge is 0.487 e. The highest BCUT2D eigenvalue weighted by Gasteiger charge is 2.27. The van der Waals surface area contributed by atoms with Crippen molar-refractivity contribution in [3.8, 4) is 11.8 Å². The number of amides is 3. The summed E-state index contributed by atoms with van der Waals surface area (Å²) in [5, 5.41) is 11.9. The summed E-state index contributed by atoms with van der Waals surface area (Å²) in [5.41, 5.74) is 0.842. The molecule has 3 rings (SSSR count). The molecule has 3 amide bonds. The second-order valence-electron chi connectivity index (χ2n) is 7.87. The van der Waals surface area contributed by atoms with Crippen LogP contribution in [0, 0.1) is 11.3 Å². The van der Waals surface area contributed by atoms with Crippen LogP contribution in [0.4, 0.5) is 16.4 Å². The van der Waals surface area contributed by atoms with Crippen LogP contribution >= 0.6 is 0 Å². The molecular weight excluding hydrogens is 452 g/mol. The molecule has 11 nitrogen and oxygen atoms in total. The fourth-order valence-corrected chi connectivity index (χ4v) is 3.35. The van der Waals surface area contributed by atoms with Crippen molar-refractivity contribution in [2.75, 3.05) is 37.5 Å². The summed E-state index contributed by atoms with van der Waals surface area (Å²) in [6.45, 7) is 0.944. The van der Waals surface area contributed by atoms with E-state index in [1.165, 1.54) is 31.2 Å². The molecule has 35 heavy (non-hydrogen) atoms. The van der Waals surface area contributed by atoms with Gasteiger partial charge in [0.1, 0.15) is 40.8 Å². The lowest BCUT2D eigenvalue weighted by Gasteiger charge is -2.29. The summed E-state index contributed by atoms with van der Waals surface area (Å²) in [6.07, 6.45) is -0.177. The molecule has 11 heteroatoms. The Kier molecular flexibility index (Phi) is 7.00. The van der Waals surface area contributed by atoms with E-state index in [-0.39, 0.29) is 54.1 Å². The Hall–Kier alpha value is -4.04. The van der Waals surface area contributed by atoms with E-state index in [0.29, 0.717) is 22.3 Å². The number of aryl methyl sites for hydroxylation is 1. The number of hydrogen-bond donors (Lipinski definition) is 1. The van der Waals surface area contributed by atoms with Gasteiger partial charge < -0.3 is 14.4 Å². The van der Waals surface area contributed by atoms with E-state index < -0.39 is 25.0 Å². The van der Waals surface area contributed by atoms with Crippen LogP contribution in [-0.4, -0.2) is 66.5 Å². The number of urea groups is 1. The van der Waals surface area contributed by atoms with Gasteiger partial charge in [-0.15, -0.1) is 0 Å². The number of nitrogens with zero attached hydrogens (tertiary/aromatic N) is 5. The number of aldehydes is 1. The molecule has 1 unspecified atom stereocenters. The van der Waals surface area contributed by atoms with Gasteiger partial charge in [0, 0.05) is 49.9 Å². The zero-order valence-electron chi connectivity index (χ0n) is 22.9. The van der Waals surface area contributed by atoms with E-state index in [0.717, 1.165) is 0 Å². The quantitative estimate of drug-likeness (QED) is 0.566.